The van der Waals surface area contributed by atoms with Crippen molar-refractivity contribution < 1.29 is 34.2 Å². The van der Waals surface area contributed by atoms with Gasteiger partial charge < -0.3 is 31.9 Å². The molecule has 0 spiro atoms. The molecule has 0 aliphatic rings. The SMILES string of the molecule is CCC(C)C(NC(=O)CNC(=O)C(CCC(=O)O)NC(=O)C(N)CC(C)C)C(=O)O. The first kappa shape index (κ1) is 27.3. The van der Waals surface area contributed by atoms with Crippen molar-refractivity contribution in [1.29, 1.82) is 0 Å². The summed E-state index contributed by atoms with van der Waals surface area (Å²) in [5.74, 6) is -4.57. The van der Waals surface area contributed by atoms with Crippen molar-refractivity contribution in [3.63, 3.8) is 0 Å². The number of carboxylic acid groups (broad SMARTS) is 2. The van der Waals surface area contributed by atoms with Crippen molar-refractivity contribution in [2.45, 2.75) is 71.5 Å². The quantitative estimate of drug-likeness (QED) is 0.211. The van der Waals surface area contributed by atoms with Gasteiger partial charge >= 0.3 is 11.9 Å². The first-order valence-corrected chi connectivity index (χ1v) is 9.96. The van der Waals surface area contributed by atoms with E-state index in [0.29, 0.717) is 12.8 Å². The number of aliphatic carboxylic acids is 2. The molecule has 0 aliphatic heterocycles. The van der Waals surface area contributed by atoms with E-state index in [1.165, 1.54) is 0 Å². The van der Waals surface area contributed by atoms with E-state index in [1.54, 1.807) is 13.8 Å². The van der Waals surface area contributed by atoms with Crippen LogP contribution in [0.15, 0.2) is 0 Å². The highest BCUT2D eigenvalue weighted by Crippen LogP contribution is 2.08. The molecule has 0 saturated heterocycles. The predicted molar refractivity (Wildman–Crippen MR) is 108 cm³/mol. The fourth-order valence-corrected chi connectivity index (χ4v) is 2.63. The monoisotopic (exact) mass is 430 g/mol. The molecule has 0 aromatic carbocycles. The summed E-state index contributed by atoms with van der Waals surface area (Å²) in [6.45, 7) is 6.70. The molecular weight excluding hydrogens is 396 g/mol. The topological polar surface area (TPSA) is 188 Å². The molecule has 4 unspecified atom stereocenters. The van der Waals surface area contributed by atoms with Crippen molar-refractivity contribution in [1.82, 2.24) is 16.0 Å². The molecule has 30 heavy (non-hydrogen) atoms. The van der Waals surface area contributed by atoms with E-state index >= 15 is 0 Å². The number of carbonyl (C=O) groups excluding carboxylic acids is 3. The molecule has 11 heteroatoms. The minimum Gasteiger partial charge on any atom is -0.481 e. The number of rotatable bonds is 14. The second-order valence-corrected chi connectivity index (χ2v) is 7.72. The maximum atomic E-state index is 12.4. The summed E-state index contributed by atoms with van der Waals surface area (Å²) in [6.07, 6.45) is 0.351. The van der Waals surface area contributed by atoms with Gasteiger partial charge in [-0.1, -0.05) is 34.1 Å². The summed E-state index contributed by atoms with van der Waals surface area (Å²) in [5, 5.41) is 25.1. The van der Waals surface area contributed by atoms with Crippen molar-refractivity contribution in [3.8, 4) is 0 Å². The van der Waals surface area contributed by atoms with Gasteiger partial charge in [-0.2, -0.15) is 0 Å². The van der Waals surface area contributed by atoms with Crippen LogP contribution in [0.4, 0.5) is 0 Å². The Labute approximate surface area is 176 Å². The highest BCUT2D eigenvalue weighted by molar-refractivity contribution is 5.92. The van der Waals surface area contributed by atoms with Crippen molar-refractivity contribution >= 4 is 29.7 Å². The Morgan fingerprint density at radius 2 is 1.57 bits per heavy atom. The van der Waals surface area contributed by atoms with Gasteiger partial charge in [0.1, 0.15) is 12.1 Å². The van der Waals surface area contributed by atoms with Gasteiger partial charge in [-0.15, -0.1) is 0 Å². The third-order valence-corrected chi connectivity index (χ3v) is 4.56. The summed E-state index contributed by atoms with van der Waals surface area (Å²) in [5.41, 5.74) is 5.79. The molecule has 0 aromatic rings. The summed E-state index contributed by atoms with van der Waals surface area (Å²) in [4.78, 5) is 58.7. The van der Waals surface area contributed by atoms with Crippen LogP contribution in [0.25, 0.3) is 0 Å². The normalized spacial score (nSPS) is 14.9. The Kier molecular flexibility index (Phi) is 12.3. The zero-order valence-corrected chi connectivity index (χ0v) is 17.9. The van der Waals surface area contributed by atoms with Gasteiger partial charge in [0.05, 0.1) is 12.6 Å². The molecule has 0 aliphatic carbocycles. The van der Waals surface area contributed by atoms with E-state index < -0.39 is 54.3 Å². The van der Waals surface area contributed by atoms with Crippen LogP contribution in [0.3, 0.4) is 0 Å². The van der Waals surface area contributed by atoms with Crippen molar-refractivity contribution in [3.05, 3.63) is 0 Å². The highest BCUT2D eigenvalue weighted by atomic mass is 16.4. The molecule has 0 rings (SSSR count). The Balaban J connectivity index is 4.94. The van der Waals surface area contributed by atoms with Gasteiger partial charge in [0, 0.05) is 6.42 Å². The number of carbonyl (C=O) groups is 5. The highest BCUT2D eigenvalue weighted by Gasteiger charge is 2.27. The van der Waals surface area contributed by atoms with Crippen LogP contribution < -0.4 is 21.7 Å². The number of carboxylic acids is 2. The molecule has 0 aromatic heterocycles. The van der Waals surface area contributed by atoms with Crippen LogP contribution in [-0.4, -0.2) is 64.5 Å². The molecule has 0 bridgehead atoms. The average molecular weight is 431 g/mol. The Morgan fingerprint density at radius 1 is 0.967 bits per heavy atom. The zero-order valence-electron chi connectivity index (χ0n) is 17.9. The Morgan fingerprint density at radius 3 is 2.03 bits per heavy atom. The summed E-state index contributed by atoms with van der Waals surface area (Å²) < 4.78 is 0. The van der Waals surface area contributed by atoms with Gasteiger partial charge in [-0.05, 0) is 24.7 Å². The first-order valence-electron chi connectivity index (χ1n) is 9.96. The molecular formula is C19H34N4O7. The Bertz CT molecular complexity index is 624. The van der Waals surface area contributed by atoms with Gasteiger partial charge in [0.25, 0.3) is 0 Å². The predicted octanol–water partition coefficient (Wildman–Crippen LogP) is -0.559. The van der Waals surface area contributed by atoms with Crippen LogP contribution in [0, 0.1) is 11.8 Å². The lowest BCUT2D eigenvalue weighted by Gasteiger charge is -2.22. The maximum Gasteiger partial charge on any atom is 0.326 e. The van der Waals surface area contributed by atoms with E-state index in [9.17, 15) is 29.1 Å². The second-order valence-electron chi connectivity index (χ2n) is 7.72. The summed E-state index contributed by atoms with van der Waals surface area (Å²) >= 11 is 0. The van der Waals surface area contributed by atoms with Crippen LogP contribution in [0.2, 0.25) is 0 Å². The van der Waals surface area contributed by atoms with Gasteiger partial charge in [0.15, 0.2) is 0 Å². The molecule has 11 nitrogen and oxygen atoms in total. The fourth-order valence-electron chi connectivity index (χ4n) is 2.63. The number of amides is 3. The minimum atomic E-state index is -1.19. The smallest absolute Gasteiger partial charge is 0.326 e. The second kappa shape index (κ2) is 13.5. The van der Waals surface area contributed by atoms with Crippen LogP contribution in [0.5, 0.6) is 0 Å². The molecule has 0 fully saturated rings. The molecule has 0 heterocycles. The lowest BCUT2D eigenvalue weighted by Crippen LogP contribution is -2.54. The molecule has 172 valence electrons. The summed E-state index contributed by atoms with van der Waals surface area (Å²) in [6, 6.07) is -3.15. The standard InChI is InChI=1S/C19H34N4O7/c1-5-11(4)16(19(29)30)23-14(24)9-21-18(28)13(6-7-15(25)26)22-17(27)12(20)8-10(2)3/h10-13,16H,5-9,20H2,1-4H3,(H,21,28)(H,22,27)(H,23,24)(H,25,26)(H,29,30). The third kappa shape index (κ3) is 10.7. The van der Waals surface area contributed by atoms with E-state index in [-0.39, 0.29) is 24.7 Å². The first-order chi connectivity index (χ1) is 13.9. The average Bonchev–Trinajstić information content (AvgIpc) is 2.65. The number of nitrogens with one attached hydrogen (secondary N) is 3. The van der Waals surface area contributed by atoms with Crippen LogP contribution >= 0.6 is 0 Å². The lowest BCUT2D eigenvalue weighted by molar-refractivity contribution is -0.143. The third-order valence-electron chi connectivity index (χ3n) is 4.56. The zero-order chi connectivity index (χ0) is 23.4. The van der Waals surface area contributed by atoms with E-state index in [2.05, 4.69) is 16.0 Å². The number of hydrogen-bond acceptors (Lipinski definition) is 6. The number of hydrogen-bond donors (Lipinski definition) is 6. The molecule has 7 N–H and O–H groups in total. The van der Waals surface area contributed by atoms with Gasteiger partial charge in [-0.3, -0.25) is 19.2 Å². The Hall–Kier alpha value is -2.69. The van der Waals surface area contributed by atoms with E-state index in [0.717, 1.165) is 0 Å². The molecule has 0 radical (unpaired) electrons. The van der Waals surface area contributed by atoms with E-state index in [1.807, 2.05) is 13.8 Å². The van der Waals surface area contributed by atoms with Gasteiger partial charge in [0.2, 0.25) is 17.7 Å². The van der Waals surface area contributed by atoms with Crippen LogP contribution in [0.1, 0.15) is 53.4 Å². The maximum absolute atomic E-state index is 12.4. The lowest BCUT2D eigenvalue weighted by atomic mass is 9.99. The minimum absolute atomic E-state index is 0.147. The molecule has 4 atom stereocenters. The van der Waals surface area contributed by atoms with E-state index in [4.69, 9.17) is 10.8 Å². The number of nitrogens with two attached hydrogens (primary N) is 1. The van der Waals surface area contributed by atoms with Crippen molar-refractivity contribution in [2.75, 3.05) is 6.54 Å². The largest absolute Gasteiger partial charge is 0.481 e. The van der Waals surface area contributed by atoms with Crippen molar-refractivity contribution in [2.24, 2.45) is 17.6 Å². The fraction of sp³-hybridized carbons (Fsp3) is 0.737. The molecule has 3 amide bonds. The molecule has 0 saturated carbocycles. The van der Waals surface area contributed by atoms with Crippen LogP contribution in [-0.2, 0) is 24.0 Å². The van der Waals surface area contributed by atoms with Gasteiger partial charge in [-0.25, -0.2) is 4.79 Å². The summed E-state index contributed by atoms with van der Waals surface area (Å²) in [7, 11) is 0.